The highest BCUT2D eigenvalue weighted by atomic mass is 16.5. The van der Waals surface area contributed by atoms with Gasteiger partial charge in [-0.15, -0.1) is 0 Å². The molecule has 3 nitrogen and oxygen atoms in total. The van der Waals surface area contributed by atoms with Gasteiger partial charge in [0, 0.05) is 23.8 Å². The van der Waals surface area contributed by atoms with Crippen LogP contribution in [0.4, 0.5) is 0 Å². The molecule has 0 amide bonds. The molecular weight excluding hydrogens is 360 g/mol. The number of carbonyl (C=O) groups excluding carboxylic acids is 1. The molecule has 0 fully saturated rings. The normalized spacial score (nSPS) is 22.2. The molecule has 160 valence electrons. The maximum absolute atomic E-state index is 12.5. The molecular formula is C26H38O3. The summed E-state index contributed by atoms with van der Waals surface area (Å²) in [7, 11) is 0. The van der Waals surface area contributed by atoms with Crippen LogP contribution >= 0.6 is 0 Å². The van der Waals surface area contributed by atoms with E-state index in [0.717, 1.165) is 55.6 Å². The molecule has 0 aromatic heterocycles. The Labute approximate surface area is 176 Å². The minimum Gasteiger partial charge on any atom is -0.487 e. The summed E-state index contributed by atoms with van der Waals surface area (Å²) >= 11 is 0. The molecule has 0 spiro atoms. The summed E-state index contributed by atoms with van der Waals surface area (Å²) in [6.07, 6.45) is 11.5. The van der Waals surface area contributed by atoms with Crippen LogP contribution in [0, 0.1) is 5.92 Å². The van der Waals surface area contributed by atoms with E-state index in [1.807, 2.05) is 0 Å². The number of unbranched alkanes of at least 4 members (excludes halogenated alkanes) is 3. The smallest absolute Gasteiger partial charge is 0.311 e. The van der Waals surface area contributed by atoms with E-state index in [9.17, 15) is 4.79 Å². The van der Waals surface area contributed by atoms with Gasteiger partial charge in [0.05, 0.1) is 0 Å². The SMILES string of the molecule is CCCCCc1cc(OC(=O)CCCC)c2c(c1)OC(C)(C)[C@@H]1CCC(C)=CC21. The van der Waals surface area contributed by atoms with E-state index in [1.54, 1.807) is 0 Å². The highest BCUT2D eigenvalue weighted by Gasteiger charge is 2.45. The maximum Gasteiger partial charge on any atom is 0.311 e. The lowest BCUT2D eigenvalue weighted by atomic mass is 9.68. The van der Waals surface area contributed by atoms with Crippen LogP contribution in [-0.4, -0.2) is 11.6 Å². The fourth-order valence-corrected chi connectivity index (χ4v) is 4.86. The molecule has 1 aromatic rings. The van der Waals surface area contributed by atoms with Crippen molar-refractivity contribution in [3.05, 3.63) is 34.9 Å². The first-order valence-electron chi connectivity index (χ1n) is 11.6. The summed E-state index contributed by atoms with van der Waals surface area (Å²) in [5, 5.41) is 0. The quantitative estimate of drug-likeness (QED) is 0.202. The Bertz CT molecular complexity index is 759. The van der Waals surface area contributed by atoms with Crippen LogP contribution in [0.5, 0.6) is 11.5 Å². The van der Waals surface area contributed by atoms with Crippen molar-refractivity contribution < 1.29 is 14.3 Å². The van der Waals surface area contributed by atoms with Gasteiger partial charge in [0.15, 0.2) is 0 Å². The van der Waals surface area contributed by atoms with Crippen molar-refractivity contribution in [3.63, 3.8) is 0 Å². The van der Waals surface area contributed by atoms with Crippen molar-refractivity contribution >= 4 is 5.97 Å². The Morgan fingerprint density at radius 1 is 1.17 bits per heavy atom. The van der Waals surface area contributed by atoms with E-state index >= 15 is 0 Å². The number of esters is 1. The Balaban J connectivity index is 2.02. The van der Waals surface area contributed by atoms with E-state index in [1.165, 1.54) is 24.0 Å². The molecule has 0 N–H and O–H groups in total. The first kappa shape index (κ1) is 21.9. The van der Waals surface area contributed by atoms with Gasteiger partial charge in [0.25, 0.3) is 0 Å². The van der Waals surface area contributed by atoms with Gasteiger partial charge >= 0.3 is 5.97 Å². The molecule has 0 saturated heterocycles. The summed E-state index contributed by atoms with van der Waals surface area (Å²) in [4.78, 5) is 12.5. The fraction of sp³-hybridized carbons (Fsp3) is 0.654. The zero-order valence-corrected chi connectivity index (χ0v) is 19.0. The van der Waals surface area contributed by atoms with Gasteiger partial charge in [-0.3, -0.25) is 4.79 Å². The number of rotatable bonds is 8. The molecule has 0 saturated carbocycles. The Morgan fingerprint density at radius 2 is 1.93 bits per heavy atom. The van der Waals surface area contributed by atoms with Crippen LogP contribution < -0.4 is 9.47 Å². The lowest BCUT2D eigenvalue weighted by molar-refractivity contribution is -0.134. The summed E-state index contributed by atoms with van der Waals surface area (Å²) in [5.41, 5.74) is 3.49. The van der Waals surface area contributed by atoms with Crippen LogP contribution in [0.1, 0.15) is 103 Å². The van der Waals surface area contributed by atoms with Crippen LogP contribution in [0.15, 0.2) is 23.8 Å². The predicted molar refractivity (Wildman–Crippen MR) is 119 cm³/mol. The van der Waals surface area contributed by atoms with E-state index in [4.69, 9.17) is 9.47 Å². The summed E-state index contributed by atoms with van der Waals surface area (Å²) in [6, 6.07) is 4.30. The summed E-state index contributed by atoms with van der Waals surface area (Å²) in [6.45, 7) is 10.9. The Kier molecular flexibility index (Phi) is 7.08. The number of hydrogen-bond acceptors (Lipinski definition) is 3. The number of benzene rings is 1. The average Bonchev–Trinajstić information content (AvgIpc) is 2.65. The van der Waals surface area contributed by atoms with E-state index in [-0.39, 0.29) is 17.5 Å². The number of fused-ring (bicyclic) bond motifs is 3. The van der Waals surface area contributed by atoms with Crippen LogP contribution in [0.25, 0.3) is 0 Å². The topological polar surface area (TPSA) is 35.5 Å². The zero-order chi connectivity index (χ0) is 21.0. The number of carbonyl (C=O) groups is 1. The second-order valence-corrected chi connectivity index (χ2v) is 9.43. The number of aryl methyl sites for hydroxylation is 1. The molecule has 1 unspecified atom stereocenters. The third-order valence-electron chi connectivity index (χ3n) is 6.54. The molecule has 2 atom stereocenters. The standard InChI is InChI=1S/C26H38O3/c1-6-8-10-11-19-16-22(28-24(27)12-9-7-2)25-20-15-18(3)13-14-21(20)26(4,5)29-23(25)17-19/h15-17,20-21H,6-14H2,1-5H3/t20?,21-/m1/s1. The second kappa shape index (κ2) is 9.36. The van der Waals surface area contributed by atoms with Crippen molar-refractivity contribution in [2.75, 3.05) is 0 Å². The van der Waals surface area contributed by atoms with Gasteiger partial charge in [0.1, 0.15) is 17.1 Å². The molecule has 1 aliphatic carbocycles. The number of hydrogen-bond donors (Lipinski definition) is 0. The lowest BCUT2D eigenvalue weighted by Crippen LogP contribution is -2.45. The third kappa shape index (κ3) is 5.05. The van der Waals surface area contributed by atoms with Crippen LogP contribution in [-0.2, 0) is 11.2 Å². The Morgan fingerprint density at radius 3 is 2.66 bits per heavy atom. The largest absolute Gasteiger partial charge is 0.487 e. The van der Waals surface area contributed by atoms with Gasteiger partial charge in [-0.1, -0.05) is 44.8 Å². The summed E-state index contributed by atoms with van der Waals surface area (Å²) in [5.74, 6) is 2.16. The average molecular weight is 399 g/mol. The molecule has 3 rings (SSSR count). The molecule has 3 heteroatoms. The van der Waals surface area contributed by atoms with Crippen molar-refractivity contribution in [2.24, 2.45) is 5.92 Å². The van der Waals surface area contributed by atoms with Gasteiger partial charge < -0.3 is 9.47 Å². The molecule has 2 aliphatic rings. The molecule has 29 heavy (non-hydrogen) atoms. The van der Waals surface area contributed by atoms with E-state index in [0.29, 0.717) is 12.3 Å². The molecule has 1 heterocycles. The van der Waals surface area contributed by atoms with Crippen LogP contribution in [0.2, 0.25) is 0 Å². The van der Waals surface area contributed by atoms with Crippen molar-refractivity contribution in [2.45, 2.75) is 104 Å². The van der Waals surface area contributed by atoms with Gasteiger partial charge in [-0.05, 0) is 70.6 Å². The molecule has 1 aromatic carbocycles. The van der Waals surface area contributed by atoms with Gasteiger partial charge in [0.2, 0.25) is 0 Å². The maximum atomic E-state index is 12.5. The van der Waals surface area contributed by atoms with Crippen molar-refractivity contribution in [3.8, 4) is 11.5 Å². The zero-order valence-electron chi connectivity index (χ0n) is 19.0. The molecule has 0 bridgehead atoms. The fourth-order valence-electron chi connectivity index (χ4n) is 4.86. The monoisotopic (exact) mass is 398 g/mol. The van der Waals surface area contributed by atoms with E-state index < -0.39 is 0 Å². The lowest BCUT2D eigenvalue weighted by Gasteiger charge is -2.46. The highest BCUT2D eigenvalue weighted by Crippen LogP contribution is 2.53. The third-order valence-corrected chi connectivity index (χ3v) is 6.54. The molecule has 0 radical (unpaired) electrons. The summed E-state index contributed by atoms with van der Waals surface area (Å²) < 4.78 is 12.5. The minimum atomic E-state index is -0.222. The Hall–Kier alpha value is -1.77. The number of ether oxygens (including phenoxy) is 2. The number of allylic oxidation sites excluding steroid dienone is 2. The van der Waals surface area contributed by atoms with Gasteiger partial charge in [-0.25, -0.2) is 0 Å². The van der Waals surface area contributed by atoms with E-state index in [2.05, 4.69) is 52.8 Å². The van der Waals surface area contributed by atoms with Crippen LogP contribution in [0.3, 0.4) is 0 Å². The molecule has 1 aliphatic heterocycles. The van der Waals surface area contributed by atoms with Crippen molar-refractivity contribution in [1.82, 2.24) is 0 Å². The first-order chi connectivity index (χ1) is 13.9. The van der Waals surface area contributed by atoms with Gasteiger partial charge in [-0.2, -0.15) is 0 Å². The minimum absolute atomic E-state index is 0.127. The van der Waals surface area contributed by atoms with Crippen molar-refractivity contribution in [1.29, 1.82) is 0 Å². The first-order valence-corrected chi connectivity index (χ1v) is 11.6. The predicted octanol–water partition coefficient (Wildman–Crippen LogP) is 7.13. The highest BCUT2D eigenvalue weighted by molar-refractivity contribution is 5.73. The second-order valence-electron chi connectivity index (χ2n) is 9.43.